The Morgan fingerprint density at radius 1 is 1.14 bits per heavy atom. The first kappa shape index (κ1) is 19.1. The second-order valence-electron chi connectivity index (χ2n) is 6.61. The van der Waals surface area contributed by atoms with Crippen molar-refractivity contribution >= 4 is 23.4 Å². The van der Waals surface area contributed by atoms with Crippen LogP contribution in [0.3, 0.4) is 0 Å². The number of ether oxygens (including phenoxy) is 1. The Balaban J connectivity index is 2.01. The maximum absolute atomic E-state index is 13.4. The lowest BCUT2D eigenvalue weighted by molar-refractivity contribution is -0.136. The molecule has 1 atom stereocenters. The van der Waals surface area contributed by atoms with Crippen LogP contribution in [-0.2, 0) is 9.53 Å². The molecule has 4 rings (SSSR count). The van der Waals surface area contributed by atoms with Crippen LogP contribution in [0.5, 0.6) is 0 Å². The molecule has 0 fully saturated rings. The van der Waals surface area contributed by atoms with Crippen molar-refractivity contribution < 1.29 is 9.53 Å². The molecule has 0 spiro atoms. The summed E-state index contributed by atoms with van der Waals surface area (Å²) in [6, 6.07) is 18.7. The van der Waals surface area contributed by atoms with Gasteiger partial charge < -0.3 is 4.74 Å². The molecular formula is C23H20N2O3S. The first-order valence-corrected chi connectivity index (χ1v) is 10.2. The smallest absolute Gasteiger partial charge is 0.338 e. The normalized spacial score (nSPS) is 16.3. The average Bonchev–Trinajstić information content (AvgIpc) is 3.08. The van der Waals surface area contributed by atoms with Crippen molar-refractivity contribution in [1.82, 2.24) is 4.57 Å². The van der Waals surface area contributed by atoms with E-state index in [-0.39, 0.29) is 5.56 Å². The van der Waals surface area contributed by atoms with Gasteiger partial charge in [-0.15, -0.1) is 0 Å². The first-order valence-electron chi connectivity index (χ1n) is 9.37. The van der Waals surface area contributed by atoms with Crippen LogP contribution in [0.2, 0.25) is 0 Å². The third-order valence-electron chi connectivity index (χ3n) is 4.86. The summed E-state index contributed by atoms with van der Waals surface area (Å²) in [5, 5.41) is 0. The molecule has 0 radical (unpaired) electrons. The number of hydrogen-bond donors (Lipinski definition) is 0. The lowest BCUT2D eigenvalue weighted by Gasteiger charge is -2.25. The standard InChI is InChI=1S/C23H20N2O3S/c1-3-17-19(22(27)28-2)20(16-12-8-5-9-13-16)25-21(26)18(29-23(25)24-17)14-15-10-6-4-7-11-15/h4-14,20H,3H2,1-2H3/b18-14-/t20-/m0/s1. The summed E-state index contributed by atoms with van der Waals surface area (Å²) in [4.78, 5) is 31.3. The van der Waals surface area contributed by atoms with E-state index in [1.165, 1.54) is 18.4 Å². The molecule has 0 saturated carbocycles. The number of carbonyl (C=O) groups excluding carboxylic acids is 1. The van der Waals surface area contributed by atoms with Gasteiger partial charge in [-0.2, -0.15) is 0 Å². The quantitative estimate of drug-likeness (QED) is 0.629. The maximum atomic E-state index is 13.4. The minimum Gasteiger partial charge on any atom is -0.466 e. The van der Waals surface area contributed by atoms with E-state index in [1.807, 2.05) is 73.7 Å². The summed E-state index contributed by atoms with van der Waals surface area (Å²) < 4.78 is 7.25. The molecule has 29 heavy (non-hydrogen) atoms. The Bertz CT molecular complexity index is 1250. The number of methoxy groups -OCH3 is 1. The van der Waals surface area contributed by atoms with Gasteiger partial charge >= 0.3 is 5.97 Å². The van der Waals surface area contributed by atoms with Gasteiger partial charge in [-0.1, -0.05) is 78.9 Å². The van der Waals surface area contributed by atoms with E-state index in [2.05, 4.69) is 4.99 Å². The highest BCUT2D eigenvalue weighted by atomic mass is 32.1. The molecule has 3 aromatic rings. The number of allylic oxidation sites excluding steroid dienone is 1. The van der Waals surface area contributed by atoms with E-state index < -0.39 is 12.0 Å². The van der Waals surface area contributed by atoms with Gasteiger partial charge in [-0.25, -0.2) is 9.79 Å². The molecule has 1 aliphatic rings. The Morgan fingerprint density at radius 2 is 1.79 bits per heavy atom. The molecule has 2 aromatic carbocycles. The van der Waals surface area contributed by atoms with Crippen LogP contribution in [0.15, 0.2) is 81.7 Å². The van der Waals surface area contributed by atoms with E-state index in [1.54, 1.807) is 4.57 Å². The number of esters is 1. The number of aromatic nitrogens is 1. The third kappa shape index (κ3) is 3.47. The molecule has 0 amide bonds. The van der Waals surface area contributed by atoms with Crippen molar-refractivity contribution in [3.63, 3.8) is 0 Å². The zero-order chi connectivity index (χ0) is 20.4. The zero-order valence-electron chi connectivity index (χ0n) is 16.2. The number of hydrogen-bond acceptors (Lipinski definition) is 5. The van der Waals surface area contributed by atoms with Crippen molar-refractivity contribution in [2.75, 3.05) is 7.11 Å². The van der Waals surface area contributed by atoms with Gasteiger partial charge in [0.05, 0.1) is 29.0 Å². The van der Waals surface area contributed by atoms with Gasteiger partial charge in [0.2, 0.25) is 0 Å². The summed E-state index contributed by atoms with van der Waals surface area (Å²) in [5.74, 6) is -0.461. The van der Waals surface area contributed by atoms with E-state index in [0.29, 0.717) is 27.0 Å². The molecule has 1 aliphatic heterocycles. The highest BCUT2D eigenvalue weighted by Crippen LogP contribution is 2.31. The minimum absolute atomic E-state index is 0.164. The van der Waals surface area contributed by atoms with E-state index in [0.717, 1.165) is 11.1 Å². The molecular weight excluding hydrogens is 384 g/mol. The van der Waals surface area contributed by atoms with Crippen molar-refractivity contribution in [2.45, 2.75) is 19.4 Å². The Labute approximate surface area is 171 Å². The Hall–Kier alpha value is -3.25. The van der Waals surface area contributed by atoms with E-state index in [4.69, 9.17) is 4.74 Å². The monoisotopic (exact) mass is 404 g/mol. The van der Waals surface area contributed by atoms with Crippen LogP contribution < -0.4 is 14.9 Å². The van der Waals surface area contributed by atoms with Crippen molar-refractivity contribution in [3.8, 4) is 0 Å². The van der Waals surface area contributed by atoms with Crippen LogP contribution in [0, 0.1) is 0 Å². The molecule has 0 unspecified atom stereocenters. The number of rotatable bonds is 4. The Morgan fingerprint density at radius 3 is 2.41 bits per heavy atom. The lowest BCUT2D eigenvalue weighted by Crippen LogP contribution is -2.40. The third-order valence-corrected chi connectivity index (χ3v) is 5.85. The van der Waals surface area contributed by atoms with Gasteiger partial charge in [0, 0.05) is 0 Å². The van der Waals surface area contributed by atoms with Gasteiger partial charge in [-0.3, -0.25) is 9.36 Å². The number of benzene rings is 2. The van der Waals surface area contributed by atoms with Crippen LogP contribution in [-0.4, -0.2) is 17.6 Å². The van der Waals surface area contributed by atoms with Crippen molar-refractivity contribution in [2.24, 2.45) is 4.99 Å². The Kier molecular flexibility index (Phi) is 5.27. The van der Waals surface area contributed by atoms with Crippen LogP contribution in [0.25, 0.3) is 6.08 Å². The second-order valence-corrected chi connectivity index (χ2v) is 7.62. The lowest BCUT2D eigenvalue weighted by atomic mass is 9.95. The predicted molar refractivity (Wildman–Crippen MR) is 113 cm³/mol. The summed E-state index contributed by atoms with van der Waals surface area (Å²) in [6.07, 6.45) is 2.43. The molecule has 2 heterocycles. The second kappa shape index (κ2) is 8.01. The number of nitrogens with zero attached hydrogens (tertiary/aromatic N) is 2. The minimum atomic E-state index is -0.562. The molecule has 0 aliphatic carbocycles. The van der Waals surface area contributed by atoms with Gasteiger partial charge in [0.1, 0.15) is 0 Å². The maximum Gasteiger partial charge on any atom is 0.338 e. The zero-order valence-corrected chi connectivity index (χ0v) is 17.0. The van der Waals surface area contributed by atoms with E-state index >= 15 is 0 Å². The SMILES string of the molecule is CCC1=C(C(=O)OC)[C@H](c2ccccc2)n2c(s/c(=C\c3ccccc3)c2=O)=N1. The fraction of sp³-hybridized carbons (Fsp3) is 0.174. The summed E-state index contributed by atoms with van der Waals surface area (Å²) in [5.41, 5.74) is 2.69. The van der Waals surface area contributed by atoms with Crippen molar-refractivity contribution in [3.05, 3.63) is 103 Å². The topological polar surface area (TPSA) is 60.7 Å². The summed E-state index contributed by atoms with van der Waals surface area (Å²) in [7, 11) is 1.35. The van der Waals surface area contributed by atoms with Gasteiger partial charge in [-0.05, 0) is 23.6 Å². The molecule has 0 N–H and O–H groups in total. The molecule has 5 nitrogen and oxygen atoms in total. The molecule has 0 saturated heterocycles. The molecule has 1 aromatic heterocycles. The van der Waals surface area contributed by atoms with Gasteiger partial charge in [0.25, 0.3) is 5.56 Å². The summed E-state index contributed by atoms with van der Waals surface area (Å²) in [6.45, 7) is 1.95. The number of fused-ring (bicyclic) bond motifs is 1. The number of carbonyl (C=O) groups is 1. The fourth-order valence-electron chi connectivity index (χ4n) is 3.52. The number of thiazole rings is 1. The molecule has 6 heteroatoms. The highest BCUT2D eigenvalue weighted by molar-refractivity contribution is 7.07. The molecule has 0 bridgehead atoms. The van der Waals surface area contributed by atoms with Crippen LogP contribution in [0.1, 0.15) is 30.5 Å². The predicted octanol–water partition coefficient (Wildman–Crippen LogP) is 2.80. The fourth-order valence-corrected chi connectivity index (χ4v) is 4.54. The first-order chi connectivity index (χ1) is 14.1. The largest absolute Gasteiger partial charge is 0.466 e. The van der Waals surface area contributed by atoms with E-state index in [9.17, 15) is 9.59 Å². The van der Waals surface area contributed by atoms with Crippen LogP contribution >= 0.6 is 11.3 Å². The average molecular weight is 404 g/mol. The highest BCUT2D eigenvalue weighted by Gasteiger charge is 2.33. The molecule has 146 valence electrons. The van der Waals surface area contributed by atoms with Gasteiger partial charge in [0.15, 0.2) is 4.80 Å². The van der Waals surface area contributed by atoms with Crippen LogP contribution in [0.4, 0.5) is 0 Å². The van der Waals surface area contributed by atoms with Crippen molar-refractivity contribution in [1.29, 1.82) is 0 Å². The summed E-state index contributed by atoms with van der Waals surface area (Å²) >= 11 is 1.34.